The summed E-state index contributed by atoms with van der Waals surface area (Å²) < 4.78 is 22.3. The van der Waals surface area contributed by atoms with Crippen molar-refractivity contribution in [3.05, 3.63) is 0 Å². The first-order valence-electron chi connectivity index (χ1n) is 4.15. The molecule has 0 radical (unpaired) electrons. The minimum Gasteiger partial charge on any atom is -0.311 e. The second kappa shape index (κ2) is 4.39. The molecule has 1 aliphatic rings. The Kier molecular flexibility index (Phi) is 3.43. The fraction of sp³-hybridized carbons (Fsp3) is 0.714. The smallest absolute Gasteiger partial charge is 0.234 e. The van der Waals surface area contributed by atoms with Crippen molar-refractivity contribution in [3.63, 3.8) is 0 Å². The van der Waals surface area contributed by atoms with Gasteiger partial charge in [-0.05, 0) is 0 Å². The second-order valence-electron chi connectivity index (χ2n) is 3.13. The SMILES string of the molecule is N#CNC(=O)CC1CS(=O)(=O)CCN1. The number of carbonyl (C=O) groups excluding carboxylic acids is 1. The van der Waals surface area contributed by atoms with Crippen LogP contribution < -0.4 is 10.6 Å². The molecule has 1 rings (SSSR count). The monoisotopic (exact) mass is 217 g/mol. The molecule has 1 heterocycles. The molecule has 0 saturated carbocycles. The van der Waals surface area contributed by atoms with Crippen molar-refractivity contribution >= 4 is 15.7 Å². The molecule has 1 aliphatic heterocycles. The molecule has 0 spiro atoms. The number of amides is 1. The van der Waals surface area contributed by atoms with Crippen LogP contribution in [0.5, 0.6) is 0 Å². The van der Waals surface area contributed by atoms with Crippen LogP contribution in [-0.4, -0.2) is 38.4 Å². The average Bonchev–Trinajstić information content (AvgIpc) is 2.02. The summed E-state index contributed by atoms with van der Waals surface area (Å²) in [6.45, 7) is 0.368. The molecular weight excluding hydrogens is 206 g/mol. The average molecular weight is 217 g/mol. The maximum Gasteiger partial charge on any atom is 0.234 e. The van der Waals surface area contributed by atoms with E-state index < -0.39 is 15.7 Å². The Hall–Kier alpha value is -1.13. The molecule has 1 atom stereocenters. The molecule has 78 valence electrons. The summed E-state index contributed by atoms with van der Waals surface area (Å²) in [4.78, 5) is 11.0. The Morgan fingerprint density at radius 2 is 2.36 bits per heavy atom. The molecule has 14 heavy (non-hydrogen) atoms. The third-order valence-electron chi connectivity index (χ3n) is 1.93. The predicted molar refractivity (Wildman–Crippen MR) is 48.8 cm³/mol. The highest BCUT2D eigenvalue weighted by atomic mass is 32.2. The van der Waals surface area contributed by atoms with E-state index in [9.17, 15) is 13.2 Å². The molecule has 0 aromatic rings. The van der Waals surface area contributed by atoms with Crippen LogP contribution in [0.4, 0.5) is 0 Å². The van der Waals surface area contributed by atoms with Crippen LogP contribution in [0.1, 0.15) is 6.42 Å². The van der Waals surface area contributed by atoms with Crippen LogP contribution in [-0.2, 0) is 14.6 Å². The van der Waals surface area contributed by atoms with Gasteiger partial charge in [0.2, 0.25) is 5.91 Å². The van der Waals surface area contributed by atoms with Crippen LogP contribution in [0.3, 0.4) is 0 Å². The maximum absolute atomic E-state index is 11.2. The highest BCUT2D eigenvalue weighted by Gasteiger charge is 2.25. The summed E-state index contributed by atoms with van der Waals surface area (Å²) in [5.41, 5.74) is 0. The fourth-order valence-corrected chi connectivity index (χ4v) is 2.78. The first-order valence-corrected chi connectivity index (χ1v) is 5.97. The van der Waals surface area contributed by atoms with E-state index in [4.69, 9.17) is 5.26 Å². The van der Waals surface area contributed by atoms with E-state index in [2.05, 4.69) is 5.32 Å². The van der Waals surface area contributed by atoms with Crippen molar-refractivity contribution < 1.29 is 13.2 Å². The predicted octanol–water partition coefficient (Wildman–Crippen LogP) is -1.64. The zero-order chi connectivity index (χ0) is 10.6. The molecule has 1 saturated heterocycles. The Balaban J connectivity index is 2.47. The first-order chi connectivity index (χ1) is 6.53. The van der Waals surface area contributed by atoms with Crippen molar-refractivity contribution in [2.75, 3.05) is 18.1 Å². The van der Waals surface area contributed by atoms with Gasteiger partial charge in [-0.2, -0.15) is 5.26 Å². The van der Waals surface area contributed by atoms with Gasteiger partial charge < -0.3 is 5.32 Å². The summed E-state index contributed by atoms with van der Waals surface area (Å²) in [6, 6.07) is -0.373. The summed E-state index contributed by atoms with van der Waals surface area (Å²) in [6.07, 6.45) is 1.52. The summed E-state index contributed by atoms with van der Waals surface area (Å²) in [5.74, 6) is -0.378. The van der Waals surface area contributed by atoms with Crippen LogP contribution in [0.15, 0.2) is 0 Å². The summed E-state index contributed by atoms with van der Waals surface area (Å²) >= 11 is 0. The van der Waals surface area contributed by atoms with Crippen LogP contribution in [0, 0.1) is 11.5 Å². The zero-order valence-electron chi connectivity index (χ0n) is 7.49. The topological polar surface area (TPSA) is 99.1 Å². The number of nitrogens with zero attached hydrogens (tertiary/aromatic N) is 1. The Bertz CT molecular complexity index is 357. The van der Waals surface area contributed by atoms with Crippen molar-refractivity contribution in [3.8, 4) is 6.19 Å². The first kappa shape index (κ1) is 10.9. The van der Waals surface area contributed by atoms with Crippen molar-refractivity contribution in [1.29, 1.82) is 5.26 Å². The minimum absolute atomic E-state index is 0.0206. The van der Waals surface area contributed by atoms with Gasteiger partial charge in [0.1, 0.15) is 0 Å². The van der Waals surface area contributed by atoms with Crippen LogP contribution in [0.2, 0.25) is 0 Å². The summed E-state index contributed by atoms with van der Waals surface area (Å²) in [5, 5.41) is 13.0. The number of carbonyl (C=O) groups is 1. The molecule has 0 aromatic carbocycles. The summed E-state index contributed by atoms with van der Waals surface area (Å²) in [7, 11) is -3.02. The van der Waals surface area contributed by atoms with Crippen LogP contribution >= 0.6 is 0 Å². The molecule has 1 amide bonds. The van der Waals surface area contributed by atoms with Gasteiger partial charge >= 0.3 is 0 Å². The lowest BCUT2D eigenvalue weighted by Crippen LogP contribution is -2.46. The maximum atomic E-state index is 11.2. The Labute approximate surface area is 82.2 Å². The number of hydrogen-bond acceptors (Lipinski definition) is 5. The van der Waals surface area contributed by atoms with E-state index in [1.54, 1.807) is 0 Å². The van der Waals surface area contributed by atoms with Gasteiger partial charge in [-0.3, -0.25) is 10.1 Å². The Morgan fingerprint density at radius 3 is 2.93 bits per heavy atom. The number of hydrogen-bond donors (Lipinski definition) is 2. The van der Waals surface area contributed by atoms with Gasteiger partial charge in [0.05, 0.1) is 11.5 Å². The molecule has 0 aromatic heterocycles. The van der Waals surface area contributed by atoms with Gasteiger partial charge in [0, 0.05) is 19.0 Å². The van der Waals surface area contributed by atoms with Gasteiger partial charge in [-0.25, -0.2) is 8.42 Å². The van der Waals surface area contributed by atoms with E-state index in [1.807, 2.05) is 5.32 Å². The molecule has 0 aliphatic carbocycles. The minimum atomic E-state index is -3.02. The van der Waals surface area contributed by atoms with E-state index in [0.717, 1.165) is 0 Å². The number of sulfone groups is 1. The van der Waals surface area contributed by atoms with E-state index in [1.165, 1.54) is 6.19 Å². The van der Waals surface area contributed by atoms with E-state index >= 15 is 0 Å². The van der Waals surface area contributed by atoms with Gasteiger partial charge in [0.15, 0.2) is 16.0 Å². The Morgan fingerprint density at radius 1 is 1.64 bits per heavy atom. The number of nitrogens with one attached hydrogen (secondary N) is 2. The van der Waals surface area contributed by atoms with E-state index in [-0.39, 0.29) is 24.0 Å². The molecule has 1 fully saturated rings. The molecule has 2 N–H and O–H groups in total. The molecule has 1 unspecified atom stereocenters. The van der Waals surface area contributed by atoms with Gasteiger partial charge in [-0.1, -0.05) is 0 Å². The molecular formula is C7H11N3O3S. The third kappa shape index (κ3) is 3.32. The number of nitriles is 1. The molecule has 0 bridgehead atoms. The molecule has 6 nitrogen and oxygen atoms in total. The van der Waals surface area contributed by atoms with Crippen molar-refractivity contribution in [2.45, 2.75) is 12.5 Å². The largest absolute Gasteiger partial charge is 0.311 e. The van der Waals surface area contributed by atoms with Crippen molar-refractivity contribution in [2.24, 2.45) is 0 Å². The third-order valence-corrected chi connectivity index (χ3v) is 3.66. The quantitative estimate of drug-likeness (QED) is 0.427. The van der Waals surface area contributed by atoms with Gasteiger partial charge in [-0.15, -0.1) is 0 Å². The zero-order valence-corrected chi connectivity index (χ0v) is 8.30. The number of rotatable bonds is 2. The van der Waals surface area contributed by atoms with Gasteiger partial charge in [0.25, 0.3) is 0 Å². The lowest BCUT2D eigenvalue weighted by atomic mass is 10.2. The normalized spacial score (nSPS) is 24.9. The fourth-order valence-electron chi connectivity index (χ4n) is 1.34. The highest BCUT2D eigenvalue weighted by molar-refractivity contribution is 7.91. The standard InChI is InChI=1S/C7H11N3O3S/c8-5-10-7(11)3-6-4-14(12,13)2-1-9-6/h6,9H,1-4H2,(H,10,11). The van der Waals surface area contributed by atoms with Crippen molar-refractivity contribution in [1.82, 2.24) is 10.6 Å². The molecule has 7 heteroatoms. The highest BCUT2D eigenvalue weighted by Crippen LogP contribution is 2.04. The lowest BCUT2D eigenvalue weighted by Gasteiger charge is -2.22. The van der Waals surface area contributed by atoms with Crippen LogP contribution in [0.25, 0.3) is 0 Å². The second-order valence-corrected chi connectivity index (χ2v) is 5.36. The van der Waals surface area contributed by atoms with E-state index in [0.29, 0.717) is 6.54 Å². The lowest BCUT2D eigenvalue weighted by molar-refractivity contribution is -0.120.